The normalized spacial score (nSPS) is 17.1. The van der Waals surface area contributed by atoms with E-state index < -0.39 is 0 Å². The summed E-state index contributed by atoms with van der Waals surface area (Å²) in [5.41, 5.74) is 1.70. The molecule has 1 aromatic heterocycles. The summed E-state index contributed by atoms with van der Waals surface area (Å²) in [5, 5.41) is 0. The van der Waals surface area contributed by atoms with Gasteiger partial charge < -0.3 is 19.5 Å². The van der Waals surface area contributed by atoms with Gasteiger partial charge in [-0.1, -0.05) is 15.9 Å². The molecule has 0 unspecified atom stereocenters. The third-order valence-corrected chi connectivity index (χ3v) is 4.89. The van der Waals surface area contributed by atoms with E-state index in [2.05, 4.69) is 37.9 Å². The number of H-pyrrole nitrogens is 1. The van der Waals surface area contributed by atoms with Crippen LogP contribution in [0.2, 0.25) is 0 Å². The molecule has 2 aromatic rings. The van der Waals surface area contributed by atoms with Gasteiger partial charge in [0.2, 0.25) is 0 Å². The third-order valence-electron chi connectivity index (χ3n) is 4.37. The highest BCUT2D eigenvalue weighted by Gasteiger charge is 2.27. The van der Waals surface area contributed by atoms with Gasteiger partial charge in [-0.3, -0.25) is 4.79 Å². The van der Waals surface area contributed by atoms with Crippen molar-refractivity contribution in [1.29, 1.82) is 0 Å². The molecule has 1 aromatic carbocycles. The third kappa shape index (κ3) is 2.72. The van der Waals surface area contributed by atoms with E-state index in [1.165, 1.54) is 0 Å². The lowest BCUT2D eigenvalue weighted by atomic mass is 10.2. The maximum Gasteiger partial charge on any atom is 0.270 e. The van der Waals surface area contributed by atoms with Gasteiger partial charge in [0.15, 0.2) is 11.6 Å². The first-order valence-electron chi connectivity index (χ1n) is 7.90. The summed E-state index contributed by atoms with van der Waals surface area (Å²) in [4.78, 5) is 19.9. The first-order valence-corrected chi connectivity index (χ1v) is 8.70. The van der Waals surface area contributed by atoms with E-state index in [-0.39, 0.29) is 5.91 Å². The Kier molecular flexibility index (Phi) is 3.77. The van der Waals surface area contributed by atoms with Crippen molar-refractivity contribution >= 4 is 33.3 Å². The van der Waals surface area contributed by atoms with Crippen molar-refractivity contribution in [1.82, 2.24) is 9.88 Å². The Morgan fingerprint density at radius 2 is 1.87 bits per heavy atom. The van der Waals surface area contributed by atoms with Crippen LogP contribution in [-0.2, 0) is 0 Å². The number of aromatic nitrogens is 1. The number of halogens is 1. The fourth-order valence-corrected chi connectivity index (χ4v) is 3.44. The lowest BCUT2D eigenvalue weighted by molar-refractivity contribution is 0.0787. The van der Waals surface area contributed by atoms with Gasteiger partial charge in [0, 0.05) is 29.3 Å². The van der Waals surface area contributed by atoms with Crippen LogP contribution in [-0.4, -0.2) is 42.0 Å². The minimum atomic E-state index is 0.0660. The molecule has 0 bridgehead atoms. The molecule has 0 radical (unpaired) electrons. The van der Waals surface area contributed by atoms with E-state index in [0.29, 0.717) is 12.3 Å². The van der Waals surface area contributed by atoms with Crippen LogP contribution in [0, 0.1) is 0 Å². The lowest BCUT2D eigenvalue weighted by Crippen LogP contribution is -2.29. The Morgan fingerprint density at radius 1 is 1.13 bits per heavy atom. The van der Waals surface area contributed by atoms with Crippen LogP contribution >= 0.6 is 15.9 Å². The van der Waals surface area contributed by atoms with Crippen LogP contribution in [0.5, 0.6) is 5.75 Å². The Morgan fingerprint density at radius 3 is 2.61 bits per heavy atom. The Balaban J connectivity index is 1.65. The average Bonchev–Trinajstić information content (AvgIpc) is 3.24. The second-order valence-corrected chi connectivity index (χ2v) is 6.79. The van der Waals surface area contributed by atoms with Crippen LogP contribution in [0.4, 0.5) is 11.5 Å². The minimum absolute atomic E-state index is 0.0660. The maximum absolute atomic E-state index is 12.6. The van der Waals surface area contributed by atoms with E-state index >= 15 is 0 Å². The van der Waals surface area contributed by atoms with Crippen molar-refractivity contribution in [3.05, 3.63) is 40.5 Å². The number of hydrogen-bond acceptors (Lipinski definition) is 3. The van der Waals surface area contributed by atoms with Crippen LogP contribution < -0.4 is 9.64 Å². The number of nitrogens with zero attached hydrogens (tertiary/aromatic N) is 2. The van der Waals surface area contributed by atoms with Gasteiger partial charge in [-0.2, -0.15) is 0 Å². The predicted molar refractivity (Wildman–Crippen MR) is 92.6 cm³/mol. The second-order valence-electron chi connectivity index (χ2n) is 5.87. The molecular weight excluding hydrogens is 358 g/mol. The Hall–Kier alpha value is -1.95. The number of hydrogen-bond donors (Lipinski definition) is 1. The summed E-state index contributed by atoms with van der Waals surface area (Å²) in [6.45, 7) is 3.06. The van der Waals surface area contributed by atoms with E-state index in [1.807, 2.05) is 23.1 Å². The second kappa shape index (κ2) is 5.92. The zero-order valence-electron chi connectivity index (χ0n) is 12.7. The number of carbonyl (C=O) groups is 1. The molecule has 120 valence electrons. The maximum atomic E-state index is 12.6. The summed E-state index contributed by atoms with van der Waals surface area (Å²) >= 11 is 3.46. The quantitative estimate of drug-likeness (QED) is 0.872. The molecule has 6 heteroatoms. The smallest absolute Gasteiger partial charge is 0.270 e. The predicted octanol–water partition coefficient (Wildman–Crippen LogP) is 3.54. The number of carbonyl (C=O) groups excluding carboxylic acids is 1. The molecule has 1 amide bonds. The summed E-state index contributed by atoms with van der Waals surface area (Å²) in [7, 11) is 0. The molecule has 0 atom stereocenters. The molecule has 0 saturated carbocycles. The lowest BCUT2D eigenvalue weighted by Gasteiger charge is -2.28. The molecule has 4 rings (SSSR count). The van der Waals surface area contributed by atoms with Gasteiger partial charge in [-0.05, 0) is 37.1 Å². The molecule has 2 aliphatic rings. The molecule has 1 N–H and O–H groups in total. The van der Waals surface area contributed by atoms with Crippen LogP contribution in [0.1, 0.15) is 23.3 Å². The summed E-state index contributed by atoms with van der Waals surface area (Å²) in [6.07, 6.45) is 2.18. The van der Waals surface area contributed by atoms with E-state index in [9.17, 15) is 4.79 Å². The van der Waals surface area contributed by atoms with Gasteiger partial charge >= 0.3 is 0 Å². The number of amides is 1. The molecule has 1 fully saturated rings. The fraction of sp³-hybridized carbons (Fsp3) is 0.353. The summed E-state index contributed by atoms with van der Waals surface area (Å²) < 4.78 is 6.79. The first-order chi connectivity index (χ1) is 11.2. The number of anilines is 2. The van der Waals surface area contributed by atoms with Gasteiger partial charge in [0.1, 0.15) is 12.3 Å². The molecular formula is C17H18BrN3O2. The van der Waals surface area contributed by atoms with Crippen molar-refractivity contribution in [2.45, 2.75) is 12.8 Å². The topological polar surface area (TPSA) is 48.6 Å². The van der Waals surface area contributed by atoms with Crippen molar-refractivity contribution < 1.29 is 9.53 Å². The van der Waals surface area contributed by atoms with Gasteiger partial charge in [0.05, 0.1) is 6.54 Å². The number of benzene rings is 1. The summed E-state index contributed by atoms with van der Waals surface area (Å²) in [5.74, 6) is 1.68. The molecule has 0 spiro atoms. The molecule has 5 nitrogen and oxygen atoms in total. The highest BCUT2D eigenvalue weighted by atomic mass is 79.9. The number of aromatic amines is 1. The zero-order chi connectivity index (χ0) is 15.8. The Bertz CT molecular complexity index is 720. The van der Waals surface area contributed by atoms with Crippen LogP contribution in [0.3, 0.4) is 0 Å². The first kappa shape index (κ1) is 14.6. The van der Waals surface area contributed by atoms with Crippen LogP contribution in [0.25, 0.3) is 0 Å². The van der Waals surface area contributed by atoms with Gasteiger partial charge in [-0.25, -0.2) is 0 Å². The SMILES string of the molecule is O=C(c1cc2c([nH]1)N(c1ccc(Br)cc1)CCO2)N1CCCC1. The van der Waals surface area contributed by atoms with Crippen molar-refractivity contribution in [3.63, 3.8) is 0 Å². The van der Waals surface area contributed by atoms with Gasteiger partial charge in [-0.15, -0.1) is 0 Å². The fourth-order valence-electron chi connectivity index (χ4n) is 3.18. The van der Waals surface area contributed by atoms with Crippen molar-refractivity contribution in [3.8, 4) is 5.75 Å². The molecule has 2 aliphatic heterocycles. The number of nitrogens with one attached hydrogen (secondary N) is 1. The molecule has 23 heavy (non-hydrogen) atoms. The zero-order valence-corrected chi connectivity index (χ0v) is 14.3. The standard InChI is InChI=1S/C17H18BrN3O2/c18-12-3-5-13(6-4-12)21-9-10-23-15-11-14(19-16(15)21)17(22)20-7-1-2-8-20/h3-6,11,19H,1-2,7-10H2. The van der Waals surface area contributed by atoms with Crippen molar-refractivity contribution in [2.24, 2.45) is 0 Å². The van der Waals surface area contributed by atoms with E-state index in [4.69, 9.17) is 4.74 Å². The van der Waals surface area contributed by atoms with E-state index in [0.717, 1.165) is 54.2 Å². The number of rotatable bonds is 2. The molecule has 3 heterocycles. The number of likely N-dealkylation sites (tertiary alicyclic amines) is 1. The summed E-state index contributed by atoms with van der Waals surface area (Å²) in [6, 6.07) is 9.98. The number of ether oxygens (including phenoxy) is 1. The molecule has 0 aliphatic carbocycles. The molecule has 1 saturated heterocycles. The van der Waals surface area contributed by atoms with Crippen molar-refractivity contribution in [2.75, 3.05) is 31.1 Å². The Labute approximate surface area is 143 Å². The minimum Gasteiger partial charge on any atom is -0.488 e. The average molecular weight is 376 g/mol. The largest absolute Gasteiger partial charge is 0.488 e. The monoisotopic (exact) mass is 375 g/mol. The van der Waals surface area contributed by atoms with Crippen LogP contribution in [0.15, 0.2) is 34.8 Å². The number of fused-ring (bicyclic) bond motifs is 1. The highest BCUT2D eigenvalue weighted by Crippen LogP contribution is 2.37. The van der Waals surface area contributed by atoms with E-state index in [1.54, 1.807) is 0 Å². The van der Waals surface area contributed by atoms with Gasteiger partial charge in [0.25, 0.3) is 5.91 Å². The highest BCUT2D eigenvalue weighted by molar-refractivity contribution is 9.10.